The van der Waals surface area contributed by atoms with Crippen molar-refractivity contribution in [1.82, 2.24) is 10.2 Å². The van der Waals surface area contributed by atoms with Crippen molar-refractivity contribution in [2.45, 2.75) is 19.0 Å². The van der Waals surface area contributed by atoms with Crippen molar-refractivity contribution in [1.29, 1.82) is 0 Å². The first kappa shape index (κ1) is 16.3. The molecule has 1 fully saturated rings. The van der Waals surface area contributed by atoms with Crippen LogP contribution in [0.2, 0.25) is 0 Å². The van der Waals surface area contributed by atoms with Gasteiger partial charge in [0.05, 0.1) is 12.8 Å². The molecule has 0 radical (unpaired) electrons. The van der Waals surface area contributed by atoms with Gasteiger partial charge in [-0.15, -0.1) is 0 Å². The molecule has 1 atom stereocenters. The molecule has 0 spiro atoms. The van der Waals surface area contributed by atoms with E-state index in [2.05, 4.69) is 5.32 Å². The lowest BCUT2D eigenvalue weighted by Gasteiger charge is -2.23. The van der Waals surface area contributed by atoms with E-state index in [9.17, 15) is 9.59 Å². The molecule has 1 aliphatic heterocycles. The van der Waals surface area contributed by atoms with Crippen LogP contribution in [0.4, 0.5) is 0 Å². The van der Waals surface area contributed by atoms with Crippen LogP contribution in [0.3, 0.4) is 0 Å². The highest BCUT2D eigenvalue weighted by Crippen LogP contribution is 2.25. The molecule has 6 heteroatoms. The second-order valence-electron chi connectivity index (χ2n) is 5.58. The number of rotatable bonds is 4. The molecule has 1 aromatic heterocycles. The van der Waals surface area contributed by atoms with Gasteiger partial charge >= 0.3 is 0 Å². The molecule has 1 N–H and O–H groups in total. The predicted octanol–water partition coefficient (Wildman–Crippen LogP) is 2.93. The third kappa shape index (κ3) is 3.51. The molecule has 2 amide bonds. The van der Waals surface area contributed by atoms with Crippen LogP contribution < -0.4 is 5.32 Å². The van der Waals surface area contributed by atoms with Crippen LogP contribution in [-0.4, -0.2) is 29.3 Å². The van der Waals surface area contributed by atoms with E-state index < -0.39 is 6.04 Å². The van der Waals surface area contributed by atoms with Crippen molar-refractivity contribution in [3.05, 3.63) is 71.2 Å². The zero-order chi connectivity index (χ0) is 16.9. The van der Waals surface area contributed by atoms with Crippen LogP contribution in [0.5, 0.6) is 0 Å². The molecule has 0 saturated carbocycles. The minimum absolute atomic E-state index is 0.178. The fraction of sp³-hybridized carbons (Fsp3) is 0.222. The third-order valence-corrected chi connectivity index (χ3v) is 4.27. The van der Waals surface area contributed by atoms with Gasteiger partial charge in [-0.2, -0.15) is 0 Å². The van der Waals surface area contributed by atoms with Crippen molar-refractivity contribution in [2.75, 3.05) is 6.54 Å². The summed E-state index contributed by atoms with van der Waals surface area (Å²) >= 11 is 5.81. The van der Waals surface area contributed by atoms with Crippen molar-refractivity contribution in [2.24, 2.45) is 0 Å². The first-order valence-electron chi connectivity index (χ1n) is 7.63. The molecule has 1 aromatic carbocycles. The van der Waals surface area contributed by atoms with Crippen LogP contribution in [0, 0.1) is 0 Å². The normalized spacial score (nSPS) is 18.8. The Morgan fingerprint density at radius 1 is 1.25 bits per heavy atom. The minimum atomic E-state index is -0.572. The topological polar surface area (TPSA) is 62.6 Å². The lowest BCUT2D eigenvalue weighted by atomic mass is 10.1. The average Bonchev–Trinajstić information content (AvgIpc) is 3.29. The summed E-state index contributed by atoms with van der Waals surface area (Å²) < 4.78 is 5.20. The Morgan fingerprint density at radius 3 is 2.71 bits per heavy atom. The summed E-state index contributed by atoms with van der Waals surface area (Å²) in [6.45, 7) is 0.645. The van der Waals surface area contributed by atoms with Gasteiger partial charge in [-0.3, -0.25) is 9.59 Å². The number of likely N-dealkylation sites (tertiary alicyclic amines) is 1. The third-order valence-electron chi connectivity index (χ3n) is 3.96. The van der Waals surface area contributed by atoms with Gasteiger partial charge in [0.15, 0.2) is 0 Å². The molecule has 2 aromatic rings. The molecule has 1 saturated heterocycles. The first-order chi connectivity index (χ1) is 11.7. The van der Waals surface area contributed by atoms with E-state index >= 15 is 0 Å². The largest absolute Gasteiger partial charge is 0.467 e. The zero-order valence-electron chi connectivity index (χ0n) is 12.9. The highest BCUT2D eigenvalue weighted by molar-refractivity contribution is 6.25. The molecular weight excluding hydrogens is 328 g/mol. The smallest absolute Gasteiger partial charge is 0.254 e. The summed E-state index contributed by atoms with van der Waals surface area (Å²) in [4.78, 5) is 26.8. The summed E-state index contributed by atoms with van der Waals surface area (Å²) in [6, 6.07) is 11.9. The van der Waals surface area contributed by atoms with Crippen LogP contribution in [0.1, 0.15) is 22.5 Å². The highest BCUT2D eigenvalue weighted by atomic mass is 35.5. The van der Waals surface area contributed by atoms with E-state index in [1.54, 1.807) is 47.6 Å². The molecular formula is C18H17ClN2O3. The summed E-state index contributed by atoms with van der Waals surface area (Å²) in [5.74, 6) is 0.266. The van der Waals surface area contributed by atoms with Gasteiger partial charge < -0.3 is 14.6 Å². The fourth-order valence-electron chi connectivity index (χ4n) is 2.73. The maximum Gasteiger partial charge on any atom is 0.254 e. The monoisotopic (exact) mass is 344 g/mol. The van der Waals surface area contributed by atoms with E-state index in [0.29, 0.717) is 24.3 Å². The molecule has 2 heterocycles. The van der Waals surface area contributed by atoms with E-state index in [0.717, 1.165) is 5.57 Å². The maximum atomic E-state index is 12.7. The highest BCUT2D eigenvalue weighted by Gasteiger charge is 2.36. The number of nitrogens with zero attached hydrogens (tertiary/aromatic N) is 1. The van der Waals surface area contributed by atoms with Crippen LogP contribution in [0.15, 0.2) is 64.3 Å². The zero-order valence-corrected chi connectivity index (χ0v) is 13.7. The molecule has 124 valence electrons. The summed E-state index contributed by atoms with van der Waals surface area (Å²) in [5, 5.41) is 2.81. The van der Waals surface area contributed by atoms with Crippen molar-refractivity contribution < 1.29 is 14.0 Å². The standard InChI is InChI=1S/C18H17ClN2O3/c19-10-13-9-16(17(22)20-11-15-7-4-8-24-15)21(12-13)18(23)14-5-2-1-3-6-14/h1-8,10,16H,9,11-12H2,(H,20,22)/t16-/m0/s1. The predicted molar refractivity (Wildman–Crippen MR) is 90.4 cm³/mol. The van der Waals surface area contributed by atoms with Crippen LogP contribution >= 0.6 is 11.6 Å². The molecule has 0 bridgehead atoms. The Labute approximate surface area is 144 Å². The number of carbonyl (C=O) groups is 2. The Hall–Kier alpha value is -2.53. The second-order valence-corrected chi connectivity index (χ2v) is 5.80. The van der Waals surface area contributed by atoms with Crippen LogP contribution in [0.25, 0.3) is 0 Å². The van der Waals surface area contributed by atoms with Gasteiger partial charge in [0.25, 0.3) is 5.91 Å². The van der Waals surface area contributed by atoms with E-state index in [1.807, 2.05) is 6.07 Å². The van der Waals surface area contributed by atoms with Crippen molar-refractivity contribution in [3.8, 4) is 0 Å². The number of benzene rings is 1. The van der Waals surface area contributed by atoms with Crippen molar-refractivity contribution in [3.63, 3.8) is 0 Å². The van der Waals surface area contributed by atoms with Crippen LogP contribution in [-0.2, 0) is 11.3 Å². The van der Waals surface area contributed by atoms with Gasteiger partial charge in [0.2, 0.25) is 5.91 Å². The van der Waals surface area contributed by atoms with E-state index in [-0.39, 0.29) is 18.4 Å². The summed E-state index contributed by atoms with van der Waals surface area (Å²) in [5.41, 5.74) is 2.86. The van der Waals surface area contributed by atoms with Gasteiger partial charge in [-0.05, 0) is 29.8 Å². The number of hydrogen-bond acceptors (Lipinski definition) is 3. The lowest BCUT2D eigenvalue weighted by Crippen LogP contribution is -2.45. The first-order valence-corrected chi connectivity index (χ1v) is 8.07. The van der Waals surface area contributed by atoms with E-state index in [1.165, 1.54) is 5.54 Å². The van der Waals surface area contributed by atoms with E-state index in [4.69, 9.17) is 16.0 Å². The minimum Gasteiger partial charge on any atom is -0.467 e. The second kappa shape index (κ2) is 7.36. The number of hydrogen-bond donors (Lipinski definition) is 1. The Morgan fingerprint density at radius 2 is 2.04 bits per heavy atom. The van der Waals surface area contributed by atoms with Gasteiger partial charge in [0.1, 0.15) is 11.8 Å². The number of amides is 2. The SMILES string of the molecule is O=C(NCc1ccco1)[C@@H]1CC(=CCl)CN1C(=O)c1ccccc1. The fourth-order valence-corrected chi connectivity index (χ4v) is 2.89. The Bertz CT molecular complexity index is 741. The van der Waals surface area contributed by atoms with Gasteiger partial charge in [-0.1, -0.05) is 29.8 Å². The quantitative estimate of drug-likeness (QED) is 0.927. The van der Waals surface area contributed by atoms with Crippen molar-refractivity contribution >= 4 is 23.4 Å². The molecule has 24 heavy (non-hydrogen) atoms. The Kier molecular flexibility index (Phi) is 5.01. The number of halogens is 1. The molecule has 0 unspecified atom stereocenters. The molecule has 5 nitrogen and oxygen atoms in total. The summed E-state index contributed by atoms with van der Waals surface area (Å²) in [6.07, 6.45) is 1.99. The molecule has 1 aliphatic rings. The molecule has 0 aliphatic carbocycles. The number of furan rings is 1. The Balaban J connectivity index is 1.73. The van der Waals surface area contributed by atoms with Gasteiger partial charge in [0, 0.05) is 24.1 Å². The molecule has 3 rings (SSSR count). The lowest BCUT2D eigenvalue weighted by molar-refractivity contribution is -0.125. The summed E-state index contributed by atoms with van der Waals surface area (Å²) in [7, 11) is 0. The van der Waals surface area contributed by atoms with Gasteiger partial charge in [-0.25, -0.2) is 0 Å². The average molecular weight is 345 g/mol. The number of nitrogens with one attached hydrogen (secondary N) is 1. The number of carbonyl (C=O) groups excluding carboxylic acids is 2. The maximum absolute atomic E-state index is 12.7.